The van der Waals surface area contributed by atoms with Gasteiger partial charge in [0.15, 0.2) is 0 Å². The Bertz CT molecular complexity index is 641. The van der Waals surface area contributed by atoms with Crippen LogP contribution in [0.15, 0.2) is 42.5 Å². The third-order valence-electron chi connectivity index (χ3n) is 2.69. The van der Waals surface area contributed by atoms with Crippen LogP contribution in [-0.4, -0.2) is 4.98 Å². The minimum absolute atomic E-state index is 0.0195. The summed E-state index contributed by atoms with van der Waals surface area (Å²) in [5.41, 5.74) is -0.688. The highest BCUT2D eigenvalue weighted by Gasteiger charge is 2.33. The van der Waals surface area contributed by atoms with Crippen molar-refractivity contribution in [2.75, 3.05) is 0 Å². The summed E-state index contributed by atoms with van der Waals surface area (Å²) in [4.78, 5) is 3.47. The van der Waals surface area contributed by atoms with Gasteiger partial charge in [-0.3, -0.25) is 0 Å². The van der Waals surface area contributed by atoms with Gasteiger partial charge in [-0.1, -0.05) is 18.2 Å². The maximum atomic E-state index is 12.8. The largest absolute Gasteiger partial charge is 0.433 e. The van der Waals surface area contributed by atoms with Gasteiger partial charge in [-0.05, 0) is 29.8 Å². The first kappa shape index (κ1) is 14.0. The molecule has 2 aromatic rings. The monoisotopic (exact) mass is 280 g/mol. The SMILES string of the molecule is N#CC(c1ccc(F)cc1)c1cccc(C(F)(F)F)n1. The van der Waals surface area contributed by atoms with E-state index >= 15 is 0 Å². The number of hydrogen-bond donors (Lipinski definition) is 0. The van der Waals surface area contributed by atoms with Crippen LogP contribution < -0.4 is 0 Å². The van der Waals surface area contributed by atoms with Crippen molar-refractivity contribution in [3.05, 3.63) is 65.2 Å². The van der Waals surface area contributed by atoms with Gasteiger partial charge in [-0.25, -0.2) is 9.37 Å². The van der Waals surface area contributed by atoms with E-state index in [1.165, 1.54) is 24.3 Å². The number of nitriles is 1. The van der Waals surface area contributed by atoms with E-state index in [1.807, 2.05) is 6.07 Å². The first-order valence-corrected chi connectivity index (χ1v) is 5.61. The van der Waals surface area contributed by atoms with Crippen LogP contribution in [0.1, 0.15) is 22.9 Å². The number of benzene rings is 1. The minimum Gasteiger partial charge on any atom is -0.247 e. The molecule has 0 radical (unpaired) electrons. The molecule has 2 nitrogen and oxygen atoms in total. The minimum atomic E-state index is -4.57. The van der Waals surface area contributed by atoms with Crippen molar-refractivity contribution in [2.45, 2.75) is 12.1 Å². The highest BCUT2D eigenvalue weighted by molar-refractivity contribution is 5.35. The van der Waals surface area contributed by atoms with E-state index < -0.39 is 23.6 Å². The number of nitrogens with zero attached hydrogens (tertiary/aromatic N) is 2. The number of halogens is 4. The van der Waals surface area contributed by atoms with Crippen LogP contribution in [0.3, 0.4) is 0 Å². The number of pyridine rings is 1. The molecule has 0 aliphatic rings. The van der Waals surface area contributed by atoms with E-state index in [9.17, 15) is 17.6 Å². The van der Waals surface area contributed by atoms with Gasteiger partial charge in [0.05, 0.1) is 11.8 Å². The van der Waals surface area contributed by atoms with Crippen LogP contribution in [0.5, 0.6) is 0 Å². The molecule has 0 bridgehead atoms. The highest BCUT2D eigenvalue weighted by atomic mass is 19.4. The van der Waals surface area contributed by atoms with Gasteiger partial charge < -0.3 is 0 Å². The topological polar surface area (TPSA) is 36.7 Å². The Balaban J connectivity index is 2.43. The van der Waals surface area contributed by atoms with Crippen molar-refractivity contribution < 1.29 is 17.6 Å². The predicted octanol–water partition coefficient (Wildman–Crippen LogP) is 3.89. The predicted molar refractivity (Wildman–Crippen MR) is 63.1 cm³/mol. The van der Waals surface area contributed by atoms with Crippen LogP contribution >= 0.6 is 0 Å². The van der Waals surface area contributed by atoms with Crippen LogP contribution in [0.25, 0.3) is 0 Å². The molecule has 1 atom stereocenters. The van der Waals surface area contributed by atoms with E-state index in [0.717, 1.165) is 18.2 Å². The lowest BCUT2D eigenvalue weighted by atomic mass is 9.96. The molecule has 1 unspecified atom stereocenters. The van der Waals surface area contributed by atoms with Gasteiger partial charge in [-0.15, -0.1) is 0 Å². The van der Waals surface area contributed by atoms with E-state index in [1.54, 1.807) is 0 Å². The molecule has 1 aromatic heterocycles. The molecule has 1 aromatic carbocycles. The molecule has 2 rings (SSSR count). The molecule has 0 amide bonds. The van der Waals surface area contributed by atoms with Gasteiger partial charge in [-0.2, -0.15) is 18.4 Å². The summed E-state index contributed by atoms with van der Waals surface area (Å²) >= 11 is 0. The second-order valence-electron chi connectivity index (χ2n) is 4.06. The first-order chi connectivity index (χ1) is 9.41. The lowest BCUT2D eigenvalue weighted by Crippen LogP contribution is -2.11. The van der Waals surface area contributed by atoms with Crippen LogP contribution in [0.2, 0.25) is 0 Å². The second kappa shape index (κ2) is 5.29. The standard InChI is InChI=1S/C14H8F4N2/c15-10-6-4-9(5-7-10)11(8-19)12-2-1-3-13(20-12)14(16,17)18/h1-7,11H. The van der Waals surface area contributed by atoms with E-state index in [-0.39, 0.29) is 5.69 Å². The zero-order valence-electron chi connectivity index (χ0n) is 10.0. The quantitative estimate of drug-likeness (QED) is 0.782. The number of rotatable bonds is 2. The van der Waals surface area contributed by atoms with E-state index in [2.05, 4.69) is 4.98 Å². The van der Waals surface area contributed by atoms with Crippen molar-refractivity contribution in [3.8, 4) is 6.07 Å². The van der Waals surface area contributed by atoms with Crippen LogP contribution in [-0.2, 0) is 6.18 Å². The van der Waals surface area contributed by atoms with Crippen LogP contribution in [0, 0.1) is 17.1 Å². The molecule has 0 saturated heterocycles. The summed E-state index contributed by atoms with van der Waals surface area (Å²) in [7, 11) is 0. The molecular formula is C14H8F4N2. The molecule has 0 aliphatic carbocycles. The van der Waals surface area contributed by atoms with E-state index in [4.69, 9.17) is 5.26 Å². The van der Waals surface area contributed by atoms with Gasteiger partial charge in [0, 0.05) is 0 Å². The molecule has 1 heterocycles. The van der Waals surface area contributed by atoms with E-state index in [0.29, 0.717) is 5.56 Å². The molecule has 0 spiro atoms. The average Bonchev–Trinajstić information content (AvgIpc) is 2.41. The van der Waals surface area contributed by atoms with Crippen molar-refractivity contribution in [1.29, 1.82) is 5.26 Å². The summed E-state index contributed by atoms with van der Waals surface area (Å²) in [6.07, 6.45) is -4.57. The molecule has 0 N–H and O–H groups in total. The summed E-state index contributed by atoms with van der Waals surface area (Å²) < 4.78 is 50.6. The summed E-state index contributed by atoms with van der Waals surface area (Å²) in [6, 6.07) is 10.2. The van der Waals surface area contributed by atoms with Crippen molar-refractivity contribution >= 4 is 0 Å². The zero-order valence-corrected chi connectivity index (χ0v) is 10.0. The Labute approximate surface area is 112 Å². The fourth-order valence-electron chi connectivity index (χ4n) is 1.74. The number of alkyl halides is 3. The Hall–Kier alpha value is -2.42. The molecule has 0 saturated carbocycles. The normalized spacial score (nSPS) is 12.8. The Morgan fingerprint density at radius 3 is 2.25 bits per heavy atom. The zero-order chi connectivity index (χ0) is 14.8. The summed E-state index contributed by atoms with van der Waals surface area (Å²) in [6.45, 7) is 0. The second-order valence-corrected chi connectivity index (χ2v) is 4.06. The maximum Gasteiger partial charge on any atom is 0.433 e. The Morgan fingerprint density at radius 1 is 1.05 bits per heavy atom. The number of hydrogen-bond acceptors (Lipinski definition) is 2. The molecular weight excluding hydrogens is 272 g/mol. The van der Waals surface area contributed by atoms with Gasteiger partial charge in [0.1, 0.15) is 17.4 Å². The van der Waals surface area contributed by atoms with Crippen molar-refractivity contribution in [3.63, 3.8) is 0 Å². The van der Waals surface area contributed by atoms with Gasteiger partial charge >= 0.3 is 6.18 Å². The molecule has 6 heteroatoms. The van der Waals surface area contributed by atoms with Crippen molar-refractivity contribution in [1.82, 2.24) is 4.98 Å². The number of aromatic nitrogens is 1. The third-order valence-corrected chi connectivity index (χ3v) is 2.69. The molecule has 20 heavy (non-hydrogen) atoms. The molecule has 0 aliphatic heterocycles. The average molecular weight is 280 g/mol. The van der Waals surface area contributed by atoms with Gasteiger partial charge in [0.25, 0.3) is 0 Å². The lowest BCUT2D eigenvalue weighted by molar-refractivity contribution is -0.141. The first-order valence-electron chi connectivity index (χ1n) is 5.61. The summed E-state index contributed by atoms with van der Waals surface area (Å²) in [5, 5.41) is 9.13. The summed E-state index contributed by atoms with van der Waals surface area (Å²) in [5.74, 6) is -1.46. The Kier molecular flexibility index (Phi) is 3.70. The Morgan fingerprint density at radius 2 is 1.70 bits per heavy atom. The maximum absolute atomic E-state index is 12.8. The third kappa shape index (κ3) is 2.94. The smallest absolute Gasteiger partial charge is 0.247 e. The fraction of sp³-hybridized carbons (Fsp3) is 0.143. The van der Waals surface area contributed by atoms with Crippen LogP contribution in [0.4, 0.5) is 17.6 Å². The van der Waals surface area contributed by atoms with Crippen molar-refractivity contribution in [2.24, 2.45) is 0 Å². The molecule has 0 fully saturated rings. The van der Waals surface area contributed by atoms with Gasteiger partial charge in [0.2, 0.25) is 0 Å². The fourth-order valence-corrected chi connectivity index (χ4v) is 1.74. The highest BCUT2D eigenvalue weighted by Crippen LogP contribution is 2.30. The molecule has 102 valence electrons. The lowest BCUT2D eigenvalue weighted by Gasteiger charge is -2.12.